The number of hydrogen-bond acceptors (Lipinski definition) is 5. The molecular formula is C21H23F2N5. The molecule has 0 atom stereocenters. The number of nitrogens with zero attached hydrogens (tertiary/aromatic N) is 3. The molecular weight excluding hydrogens is 360 g/mol. The molecule has 4 rings (SSSR count). The van der Waals surface area contributed by atoms with Gasteiger partial charge in [0.05, 0.1) is 16.8 Å². The summed E-state index contributed by atoms with van der Waals surface area (Å²) in [7, 11) is 3.73. The highest BCUT2D eigenvalue weighted by Crippen LogP contribution is 2.32. The molecule has 1 saturated heterocycles. The highest BCUT2D eigenvalue weighted by atomic mass is 19.1. The lowest BCUT2D eigenvalue weighted by molar-refractivity contribution is 0.263. The summed E-state index contributed by atoms with van der Waals surface area (Å²) in [5.41, 5.74) is 1.40. The van der Waals surface area contributed by atoms with E-state index in [9.17, 15) is 8.78 Å². The van der Waals surface area contributed by atoms with Gasteiger partial charge < -0.3 is 15.5 Å². The van der Waals surface area contributed by atoms with Gasteiger partial charge in [0.1, 0.15) is 5.82 Å². The summed E-state index contributed by atoms with van der Waals surface area (Å²) in [6.45, 7) is 2.11. The first-order valence-corrected chi connectivity index (χ1v) is 9.43. The van der Waals surface area contributed by atoms with Crippen LogP contribution in [0.3, 0.4) is 0 Å². The second kappa shape index (κ2) is 7.67. The summed E-state index contributed by atoms with van der Waals surface area (Å²) < 4.78 is 28.9. The van der Waals surface area contributed by atoms with E-state index < -0.39 is 11.6 Å². The van der Waals surface area contributed by atoms with Gasteiger partial charge in [-0.15, -0.1) is 0 Å². The predicted molar refractivity (Wildman–Crippen MR) is 109 cm³/mol. The first-order valence-electron chi connectivity index (χ1n) is 9.43. The van der Waals surface area contributed by atoms with Crippen LogP contribution < -0.4 is 10.6 Å². The molecule has 0 bridgehead atoms. The van der Waals surface area contributed by atoms with E-state index in [1.807, 2.05) is 0 Å². The highest BCUT2D eigenvalue weighted by Gasteiger charge is 2.18. The Morgan fingerprint density at radius 3 is 2.64 bits per heavy atom. The van der Waals surface area contributed by atoms with Crippen molar-refractivity contribution in [2.75, 3.05) is 37.8 Å². The van der Waals surface area contributed by atoms with Crippen LogP contribution in [0.15, 0.2) is 36.5 Å². The van der Waals surface area contributed by atoms with Crippen molar-refractivity contribution < 1.29 is 8.78 Å². The molecule has 0 radical (unpaired) electrons. The van der Waals surface area contributed by atoms with E-state index in [-0.39, 0.29) is 11.3 Å². The second-order valence-electron chi connectivity index (χ2n) is 7.22. The van der Waals surface area contributed by atoms with Gasteiger partial charge in [-0.2, -0.15) is 0 Å². The zero-order valence-corrected chi connectivity index (χ0v) is 16.0. The Hall–Kier alpha value is -2.80. The second-order valence-corrected chi connectivity index (χ2v) is 7.22. The maximum Gasteiger partial charge on any atom is 0.223 e. The minimum Gasteiger partial charge on any atom is -0.386 e. The van der Waals surface area contributed by atoms with E-state index >= 15 is 0 Å². The number of piperidine rings is 1. The van der Waals surface area contributed by atoms with Gasteiger partial charge in [-0.25, -0.2) is 18.7 Å². The Balaban J connectivity index is 1.62. The molecule has 7 heteroatoms. The summed E-state index contributed by atoms with van der Waals surface area (Å²) in [5, 5.41) is 6.87. The summed E-state index contributed by atoms with van der Waals surface area (Å²) in [4.78, 5) is 11.3. The largest absolute Gasteiger partial charge is 0.386 e. The number of nitrogens with one attached hydrogen (secondary N) is 2. The minimum atomic E-state index is -0.608. The minimum absolute atomic E-state index is 0.0534. The van der Waals surface area contributed by atoms with Gasteiger partial charge in [0.15, 0.2) is 5.82 Å². The highest BCUT2D eigenvalue weighted by molar-refractivity contribution is 5.85. The number of likely N-dealkylation sites (tertiary alicyclic amines) is 1. The Bertz CT molecular complexity index is 999. The van der Waals surface area contributed by atoms with Crippen molar-refractivity contribution in [3.63, 3.8) is 0 Å². The maximum absolute atomic E-state index is 14.6. The van der Waals surface area contributed by atoms with Crippen LogP contribution in [0.2, 0.25) is 0 Å². The molecule has 0 spiro atoms. The molecule has 0 unspecified atom stereocenters. The maximum atomic E-state index is 14.6. The van der Waals surface area contributed by atoms with Gasteiger partial charge >= 0.3 is 0 Å². The van der Waals surface area contributed by atoms with Crippen LogP contribution in [0.25, 0.3) is 22.0 Å². The lowest BCUT2D eigenvalue weighted by Crippen LogP contribution is -2.37. The molecule has 2 heterocycles. The Labute approximate surface area is 162 Å². The molecule has 28 heavy (non-hydrogen) atoms. The first kappa shape index (κ1) is 18.6. The van der Waals surface area contributed by atoms with Crippen LogP contribution in [-0.4, -0.2) is 48.1 Å². The van der Waals surface area contributed by atoms with Gasteiger partial charge in [-0.05, 0) is 62.8 Å². The topological polar surface area (TPSA) is 53.1 Å². The molecule has 0 aliphatic carbocycles. The van der Waals surface area contributed by atoms with Gasteiger partial charge in [0.2, 0.25) is 5.95 Å². The summed E-state index contributed by atoms with van der Waals surface area (Å²) in [5.74, 6) is -0.620. The van der Waals surface area contributed by atoms with E-state index in [4.69, 9.17) is 0 Å². The third kappa shape index (κ3) is 3.62. The molecule has 1 aliphatic rings. The summed E-state index contributed by atoms with van der Waals surface area (Å²) in [6, 6.07) is 8.20. The molecule has 0 amide bonds. The lowest BCUT2D eigenvalue weighted by atomic mass is 10.0. The molecule has 1 fully saturated rings. The Morgan fingerprint density at radius 1 is 1.11 bits per heavy atom. The smallest absolute Gasteiger partial charge is 0.223 e. The van der Waals surface area contributed by atoms with Crippen LogP contribution in [0, 0.1) is 11.6 Å². The number of halogens is 2. The first-order chi connectivity index (χ1) is 13.5. The predicted octanol–water partition coefficient (Wildman–Crippen LogP) is 4.12. The van der Waals surface area contributed by atoms with E-state index in [0.717, 1.165) is 36.8 Å². The number of fused-ring (bicyclic) bond motifs is 1. The number of benzene rings is 2. The molecule has 146 valence electrons. The van der Waals surface area contributed by atoms with Crippen molar-refractivity contribution in [2.24, 2.45) is 0 Å². The van der Waals surface area contributed by atoms with Gasteiger partial charge in [0.25, 0.3) is 0 Å². The molecule has 2 aromatic carbocycles. The van der Waals surface area contributed by atoms with Crippen molar-refractivity contribution >= 4 is 22.5 Å². The normalized spacial score (nSPS) is 15.7. The zero-order valence-electron chi connectivity index (χ0n) is 16.0. The van der Waals surface area contributed by atoms with Crippen molar-refractivity contribution in [1.29, 1.82) is 0 Å². The average Bonchev–Trinajstić information content (AvgIpc) is 2.70. The third-order valence-corrected chi connectivity index (χ3v) is 5.28. The van der Waals surface area contributed by atoms with Crippen molar-refractivity contribution in [2.45, 2.75) is 18.9 Å². The molecule has 1 aromatic heterocycles. The van der Waals surface area contributed by atoms with E-state index in [1.54, 1.807) is 31.4 Å². The van der Waals surface area contributed by atoms with Crippen LogP contribution >= 0.6 is 0 Å². The van der Waals surface area contributed by atoms with Gasteiger partial charge in [0, 0.05) is 24.7 Å². The SMILES string of the molecule is CNc1ccc(F)c(-c2ccc3nc(NC4CCN(C)CC4)ncc3c2)c1F. The molecule has 5 nitrogen and oxygen atoms in total. The van der Waals surface area contributed by atoms with E-state index in [2.05, 4.69) is 32.5 Å². The average molecular weight is 383 g/mol. The fraction of sp³-hybridized carbons (Fsp3) is 0.333. The number of rotatable bonds is 4. The van der Waals surface area contributed by atoms with E-state index in [0.29, 0.717) is 17.6 Å². The molecule has 3 aromatic rings. The van der Waals surface area contributed by atoms with Crippen LogP contribution in [0.5, 0.6) is 0 Å². The molecule has 0 saturated carbocycles. The third-order valence-electron chi connectivity index (χ3n) is 5.28. The monoisotopic (exact) mass is 383 g/mol. The quantitative estimate of drug-likeness (QED) is 0.710. The van der Waals surface area contributed by atoms with Crippen LogP contribution in [0.4, 0.5) is 20.4 Å². The Morgan fingerprint density at radius 2 is 1.89 bits per heavy atom. The van der Waals surface area contributed by atoms with Gasteiger partial charge in [-0.1, -0.05) is 6.07 Å². The standard InChI is InChI=1S/C21H23F2N5/c1-24-18-6-4-16(22)19(20(18)23)13-3-5-17-14(11-13)12-25-21(27-17)26-15-7-9-28(2)10-8-15/h3-6,11-12,15,24H,7-10H2,1-2H3,(H,25,26,27). The van der Waals surface area contributed by atoms with Crippen molar-refractivity contribution in [1.82, 2.24) is 14.9 Å². The fourth-order valence-electron chi connectivity index (χ4n) is 3.60. The van der Waals surface area contributed by atoms with Gasteiger partial charge in [-0.3, -0.25) is 0 Å². The number of aromatic nitrogens is 2. The molecule has 2 N–H and O–H groups in total. The van der Waals surface area contributed by atoms with Crippen LogP contribution in [0.1, 0.15) is 12.8 Å². The molecule has 1 aliphatic heterocycles. The summed E-state index contributed by atoms with van der Waals surface area (Å²) in [6.07, 6.45) is 3.80. The van der Waals surface area contributed by atoms with Crippen LogP contribution in [-0.2, 0) is 0 Å². The number of hydrogen-bond donors (Lipinski definition) is 2. The van der Waals surface area contributed by atoms with Crippen molar-refractivity contribution in [3.8, 4) is 11.1 Å². The summed E-state index contributed by atoms with van der Waals surface area (Å²) >= 11 is 0. The fourth-order valence-corrected chi connectivity index (χ4v) is 3.60. The zero-order chi connectivity index (χ0) is 19.7. The number of anilines is 2. The Kier molecular flexibility index (Phi) is 5.09. The van der Waals surface area contributed by atoms with Crippen molar-refractivity contribution in [3.05, 3.63) is 48.2 Å². The lowest BCUT2D eigenvalue weighted by Gasteiger charge is -2.29. The van der Waals surface area contributed by atoms with E-state index in [1.165, 1.54) is 12.1 Å².